The van der Waals surface area contributed by atoms with E-state index < -0.39 is 0 Å². The fraction of sp³-hybridized carbons (Fsp3) is 0.316. The second kappa shape index (κ2) is 7.53. The maximum atomic E-state index is 12.5. The van der Waals surface area contributed by atoms with E-state index in [1.165, 1.54) is 0 Å². The molecule has 4 rings (SSSR count). The van der Waals surface area contributed by atoms with Gasteiger partial charge in [-0.3, -0.25) is 20.6 Å². The van der Waals surface area contributed by atoms with Gasteiger partial charge in [-0.2, -0.15) is 0 Å². The number of hydrogen-bond donors (Lipinski definition) is 2. The number of nitrogens with zero attached hydrogens (tertiary/aromatic N) is 5. The normalized spacial score (nSPS) is 15.8. The van der Waals surface area contributed by atoms with Crippen LogP contribution in [0.4, 0.5) is 5.82 Å². The molecule has 2 N–H and O–H groups in total. The smallest absolute Gasteiger partial charge is 0.241 e. The molecule has 3 heterocycles. The molecule has 1 atom stereocenters. The molecular formula is C19H21N7O. The first kappa shape index (κ1) is 17.1. The molecule has 27 heavy (non-hydrogen) atoms. The second-order valence-corrected chi connectivity index (χ2v) is 6.50. The SMILES string of the molecule is CCn1nnc2c1CCC(C(=O)NNc1cccc(-c3cccnc3)n1)C2. The van der Waals surface area contributed by atoms with E-state index in [4.69, 9.17) is 0 Å². The van der Waals surface area contributed by atoms with E-state index in [9.17, 15) is 4.79 Å². The zero-order valence-electron chi connectivity index (χ0n) is 15.1. The van der Waals surface area contributed by atoms with Crippen LogP contribution in [0.25, 0.3) is 11.3 Å². The number of nitrogens with one attached hydrogen (secondary N) is 2. The second-order valence-electron chi connectivity index (χ2n) is 6.50. The summed E-state index contributed by atoms with van der Waals surface area (Å²) < 4.78 is 1.91. The molecule has 1 aliphatic rings. The van der Waals surface area contributed by atoms with Crippen LogP contribution in [-0.2, 0) is 24.2 Å². The van der Waals surface area contributed by atoms with Gasteiger partial charge in [0.05, 0.1) is 17.1 Å². The number of hydrazine groups is 1. The minimum atomic E-state index is -0.117. The quantitative estimate of drug-likeness (QED) is 0.673. The summed E-state index contributed by atoms with van der Waals surface area (Å²) in [6.45, 7) is 2.85. The Morgan fingerprint density at radius 1 is 1.30 bits per heavy atom. The monoisotopic (exact) mass is 363 g/mol. The van der Waals surface area contributed by atoms with Gasteiger partial charge in [0.25, 0.3) is 0 Å². The van der Waals surface area contributed by atoms with Crippen molar-refractivity contribution in [2.75, 3.05) is 5.43 Å². The third-order valence-corrected chi connectivity index (χ3v) is 4.78. The van der Waals surface area contributed by atoms with E-state index in [1.807, 2.05) is 41.9 Å². The molecule has 1 unspecified atom stereocenters. The van der Waals surface area contributed by atoms with Crippen LogP contribution in [0.3, 0.4) is 0 Å². The Hall–Kier alpha value is -3.29. The average molecular weight is 363 g/mol. The predicted octanol–water partition coefficient (Wildman–Crippen LogP) is 2.00. The molecule has 0 bridgehead atoms. The molecular weight excluding hydrogens is 342 g/mol. The summed E-state index contributed by atoms with van der Waals surface area (Å²) in [5.74, 6) is 0.409. The molecule has 0 aromatic carbocycles. The van der Waals surface area contributed by atoms with Crippen LogP contribution in [0.1, 0.15) is 24.7 Å². The topological polar surface area (TPSA) is 97.6 Å². The van der Waals surface area contributed by atoms with Crippen molar-refractivity contribution in [2.45, 2.75) is 32.7 Å². The Morgan fingerprint density at radius 3 is 3.04 bits per heavy atom. The third kappa shape index (κ3) is 3.64. The Labute approximate surface area is 157 Å². The zero-order valence-corrected chi connectivity index (χ0v) is 15.1. The number of aryl methyl sites for hydroxylation is 1. The van der Waals surface area contributed by atoms with Crippen molar-refractivity contribution in [2.24, 2.45) is 5.92 Å². The zero-order chi connectivity index (χ0) is 18.6. The highest BCUT2D eigenvalue weighted by Gasteiger charge is 2.28. The van der Waals surface area contributed by atoms with Gasteiger partial charge < -0.3 is 0 Å². The highest BCUT2D eigenvalue weighted by Crippen LogP contribution is 2.24. The molecule has 0 spiro atoms. The first-order valence-electron chi connectivity index (χ1n) is 9.09. The van der Waals surface area contributed by atoms with Gasteiger partial charge in [-0.05, 0) is 44.0 Å². The minimum absolute atomic E-state index is 0.0553. The first-order chi connectivity index (χ1) is 13.2. The molecule has 0 aliphatic heterocycles. The van der Waals surface area contributed by atoms with E-state index in [0.717, 1.165) is 42.0 Å². The summed E-state index contributed by atoms with van der Waals surface area (Å²) >= 11 is 0. The number of amides is 1. The fourth-order valence-electron chi connectivity index (χ4n) is 3.33. The lowest BCUT2D eigenvalue weighted by Crippen LogP contribution is -2.38. The standard InChI is InChI=1S/C19H21N7O/c1-2-26-17-9-8-13(11-16(17)22-25-26)19(27)24-23-18-7-3-6-15(21-18)14-5-4-10-20-12-14/h3-7,10,12-13H,2,8-9,11H2,1H3,(H,21,23)(H,24,27). The van der Waals surface area contributed by atoms with Crippen LogP contribution in [-0.4, -0.2) is 30.9 Å². The summed E-state index contributed by atoms with van der Waals surface area (Å²) in [6.07, 6.45) is 5.71. The Balaban J connectivity index is 1.39. The molecule has 0 radical (unpaired) electrons. The lowest BCUT2D eigenvalue weighted by atomic mass is 9.89. The molecule has 0 fully saturated rings. The Morgan fingerprint density at radius 2 is 2.22 bits per heavy atom. The van der Waals surface area contributed by atoms with Crippen LogP contribution in [0.2, 0.25) is 0 Å². The van der Waals surface area contributed by atoms with Crippen molar-refractivity contribution in [3.8, 4) is 11.3 Å². The van der Waals surface area contributed by atoms with E-state index in [2.05, 4.69) is 31.1 Å². The molecule has 3 aromatic rings. The summed E-state index contributed by atoms with van der Waals surface area (Å²) in [4.78, 5) is 21.2. The lowest BCUT2D eigenvalue weighted by Gasteiger charge is -2.21. The lowest BCUT2D eigenvalue weighted by molar-refractivity contribution is -0.124. The highest BCUT2D eigenvalue weighted by atomic mass is 16.2. The van der Waals surface area contributed by atoms with Gasteiger partial charge >= 0.3 is 0 Å². The van der Waals surface area contributed by atoms with Crippen LogP contribution in [0.5, 0.6) is 0 Å². The molecule has 8 nitrogen and oxygen atoms in total. The number of anilines is 1. The molecule has 138 valence electrons. The Bertz CT molecular complexity index is 938. The number of carbonyl (C=O) groups excluding carboxylic acids is 1. The van der Waals surface area contributed by atoms with Gasteiger partial charge in [-0.15, -0.1) is 5.10 Å². The number of pyridine rings is 2. The summed E-state index contributed by atoms with van der Waals surface area (Å²) in [7, 11) is 0. The summed E-state index contributed by atoms with van der Waals surface area (Å²) in [6, 6.07) is 9.42. The predicted molar refractivity (Wildman–Crippen MR) is 100 cm³/mol. The molecule has 1 aliphatic carbocycles. The highest BCUT2D eigenvalue weighted by molar-refractivity contribution is 5.80. The molecule has 0 saturated carbocycles. The number of aromatic nitrogens is 5. The van der Waals surface area contributed by atoms with Crippen molar-refractivity contribution in [3.63, 3.8) is 0 Å². The summed E-state index contributed by atoms with van der Waals surface area (Å²) in [5.41, 5.74) is 9.50. The number of hydrogen-bond acceptors (Lipinski definition) is 6. The van der Waals surface area contributed by atoms with Gasteiger partial charge in [0.2, 0.25) is 5.91 Å². The maximum absolute atomic E-state index is 12.5. The van der Waals surface area contributed by atoms with Crippen molar-refractivity contribution >= 4 is 11.7 Å². The molecule has 0 saturated heterocycles. The van der Waals surface area contributed by atoms with Gasteiger partial charge in [0.15, 0.2) is 0 Å². The maximum Gasteiger partial charge on any atom is 0.241 e. The number of rotatable bonds is 5. The first-order valence-corrected chi connectivity index (χ1v) is 9.09. The van der Waals surface area contributed by atoms with Crippen molar-refractivity contribution < 1.29 is 4.79 Å². The van der Waals surface area contributed by atoms with Crippen molar-refractivity contribution in [1.29, 1.82) is 0 Å². The largest absolute Gasteiger partial charge is 0.282 e. The van der Waals surface area contributed by atoms with E-state index >= 15 is 0 Å². The molecule has 1 amide bonds. The average Bonchev–Trinajstić information content (AvgIpc) is 3.15. The third-order valence-electron chi connectivity index (χ3n) is 4.78. The van der Waals surface area contributed by atoms with Crippen molar-refractivity contribution in [1.82, 2.24) is 30.4 Å². The van der Waals surface area contributed by atoms with Crippen LogP contribution < -0.4 is 10.9 Å². The van der Waals surface area contributed by atoms with Crippen LogP contribution in [0, 0.1) is 5.92 Å². The van der Waals surface area contributed by atoms with E-state index in [-0.39, 0.29) is 11.8 Å². The van der Waals surface area contributed by atoms with Crippen LogP contribution in [0.15, 0.2) is 42.7 Å². The number of carbonyl (C=O) groups is 1. The summed E-state index contributed by atoms with van der Waals surface area (Å²) in [5, 5.41) is 8.36. The molecule has 3 aromatic heterocycles. The number of fused-ring (bicyclic) bond motifs is 1. The minimum Gasteiger partial charge on any atom is -0.282 e. The van der Waals surface area contributed by atoms with Gasteiger partial charge in [-0.25, -0.2) is 9.67 Å². The van der Waals surface area contributed by atoms with E-state index in [1.54, 1.807) is 12.4 Å². The fourth-order valence-corrected chi connectivity index (χ4v) is 3.33. The van der Waals surface area contributed by atoms with Crippen molar-refractivity contribution in [3.05, 3.63) is 54.1 Å². The molecule has 8 heteroatoms. The van der Waals surface area contributed by atoms with Gasteiger partial charge in [0, 0.05) is 36.8 Å². The van der Waals surface area contributed by atoms with Crippen LogP contribution >= 0.6 is 0 Å². The van der Waals surface area contributed by atoms with E-state index in [0.29, 0.717) is 12.2 Å². The Kier molecular flexibility index (Phi) is 4.78. The van der Waals surface area contributed by atoms with Gasteiger partial charge in [0.1, 0.15) is 5.82 Å². The van der Waals surface area contributed by atoms with Gasteiger partial charge in [-0.1, -0.05) is 11.3 Å².